The van der Waals surface area contributed by atoms with E-state index in [9.17, 15) is 4.79 Å². The average molecular weight is 344 g/mol. The molecule has 1 aromatic carbocycles. The number of benzene rings is 1. The van der Waals surface area contributed by atoms with Gasteiger partial charge >= 0.3 is 5.97 Å². The number of hydrogen-bond acceptors (Lipinski definition) is 7. The van der Waals surface area contributed by atoms with Crippen LogP contribution < -0.4 is 14.8 Å². The number of nitrogens with one attached hydrogen (secondary N) is 1. The highest BCUT2D eigenvalue weighted by Gasteiger charge is 2.37. The maximum absolute atomic E-state index is 12.6. The lowest BCUT2D eigenvalue weighted by Crippen LogP contribution is -2.30. The summed E-state index contributed by atoms with van der Waals surface area (Å²) in [5.74, 6) is 1.23. The second kappa shape index (κ2) is 6.84. The van der Waals surface area contributed by atoms with Gasteiger partial charge in [-0.15, -0.1) is 0 Å². The molecule has 0 spiro atoms. The lowest BCUT2D eigenvalue weighted by molar-refractivity contribution is -0.136. The van der Waals surface area contributed by atoms with Crippen molar-refractivity contribution in [3.8, 4) is 11.5 Å². The van der Waals surface area contributed by atoms with Gasteiger partial charge in [0, 0.05) is 11.3 Å². The van der Waals surface area contributed by atoms with Crippen molar-refractivity contribution in [2.24, 2.45) is 0 Å². The van der Waals surface area contributed by atoms with Gasteiger partial charge in [-0.2, -0.15) is 10.1 Å². The number of carbonyl (C=O) groups is 1. The van der Waals surface area contributed by atoms with Crippen molar-refractivity contribution in [1.29, 1.82) is 0 Å². The van der Waals surface area contributed by atoms with Crippen molar-refractivity contribution in [3.63, 3.8) is 0 Å². The van der Waals surface area contributed by atoms with E-state index >= 15 is 0 Å². The van der Waals surface area contributed by atoms with Crippen molar-refractivity contribution in [2.75, 3.05) is 26.6 Å². The van der Waals surface area contributed by atoms with Crippen molar-refractivity contribution in [3.05, 3.63) is 41.4 Å². The summed E-state index contributed by atoms with van der Waals surface area (Å²) >= 11 is 0. The van der Waals surface area contributed by atoms with Crippen LogP contribution in [-0.4, -0.2) is 42.1 Å². The molecule has 2 heterocycles. The molecule has 8 nitrogen and oxygen atoms in total. The van der Waals surface area contributed by atoms with Crippen LogP contribution in [-0.2, 0) is 9.53 Å². The predicted octanol–water partition coefficient (Wildman–Crippen LogP) is 2.15. The van der Waals surface area contributed by atoms with Gasteiger partial charge in [0.15, 0.2) is 11.5 Å². The number of allylic oxidation sites excluding steroid dienone is 1. The topological polar surface area (TPSA) is 87.5 Å². The Balaban J connectivity index is 2.28. The van der Waals surface area contributed by atoms with Gasteiger partial charge in [0.25, 0.3) is 0 Å². The van der Waals surface area contributed by atoms with E-state index in [1.54, 1.807) is 25.0 Å². The van der Waals surface area contributed by atoms with Gasteiger partial charge in [-0.05, 0) is 12.5 Å². The Morgan fingerprint density at radius 1 is 1.28 bits per heavy atom. The fourth-order valence-electron chi connectivity index (χ4n) is 3.06. The molecular weight excluding hydrogens is 324 g/mol. The van der Waals surface area contributed by atoms with Crippen LogP contribution in [0.4, 0.5) is 5.95 Å². The van der Waals surface area contributed by atoms with Gasteiger partial charge in [0.2, 0.25) is 5.95 Å². The molecule has 1 aliphatic rings. The van der Waals surface area contributed by atoms with Crippen molar-refractivity contribution in [1.82, 2.24) is 14.8 Å². The summed E-state index contributed by atoms with van der Waals surface area (Å²) in [4.78, 5) is 16.8. The zero-order valence-corrected chi connectivity index (χ0v) is 14.6. The predicted molar refractivity (Wildman–Crippen MR) is 90.7 cm³/mol. The van der Waals surface area contributed by atoms with Crippen LogP contribution in [0.1, 0.15) is 24.9 Å². The summed E-state index contributed by atoms with van der Waals surface area (Å²) in [5, 5.41) is 7.44. The third kappa shape index (κ3) is 2.69. The molecule has 25 heavy (non-hydrogen) atoms. The average Bonchev–Trinajstić information content (AvgIpc) is 3.13. The molecule has 0 fully saturated rings. The number of anilines is 1. The van der Waals surface area contributed by atoms with Gasteiger partial charge < -0.3 is 19.5 Å². The first kappa shape index (κ1) is 16.8. The molecule has 8 heteroatoms. The zero-order valence-electron chi connectivity index (χ0n) is 14.6. The number of nitrogens with zero attached hydrogens (tertiary/aromatic N) is 3. The third-order valence-electron chi connectivity index (χ3n) is 4.17. The summed E-state index contributed by atoms with van der Waals surface area (Å²) in [6.45, 7) is 1.96. The maximum Gasteiger partial charge on any atom is 0.338 e. The van der Waals surface area contributed by atoms with Gasteiger partial charge in [0.1, 0.15) is 12.4 Å². The molecule has 132 valence electrons. The van der Waals surface area contributed by atoms with Crippen molar-refractivity contribution < 1.29 is 19.0 Å². The monoisotopic (exact) mass is 344 g/mol. The van der Waals surface area contributed by atoms with Crippen LogP contribution in [0.3, 0.4) is 0 Å². The zero-order chi connectivity index (χ0) is 18.0. The van der Waals surface area contributed by atoms with Gasteiger partial charge in [-0.1, -0.05) is 19.1 Å². The first-order chi connectivity index (χ1) is 12.2. The summed E-state index contributed by atoms with van der Waals surface area (Å²) in [6.07, 6.45) is 2.05. The van der Waals surface area contributed by atoms with E-state index in [-0.39, 0.29) is 0 Å². The Bertz CT molecular complexity index is 828. The van der Waals surface area contributed by atoms with Crippen LogP contribution in [0.25, 0.3) is 0 Å². The van der Waals surface area contributed by atoms with Gasteiger partial charge in [-0.3, -0.25) is 0 Å². The van der Waals surface area contributed by atoms with Crippen molar-refractivity contribution >= 4 is 11.9 Å². The smallest absolute Gasteiger partial charge is 0.338 e. The second-order valence-electron chi connectivity index (χ2n) is 5.38. The number of methoxy groups -OCH3 is 3. The highest BCUT2D eigenvalue weighted by molar-refractivity contribution is 5.92. The van der Waals surface area contributed by atoms with Gasteiger partial charge in [0.05, 0.1) is 26.9 Å². The first-order valence-corrected chi connectivity index (χ1v) is 7.85. The van der Waals surface area contributed by atoms with Gasteiger partial charge in [-0.25, -0.2) is 9.48 Å². The molecule has 1 aromatic heterocycles. The Kier molecular flexibility index (Phi) is 4.60. The molecular formula is C17H20N4O4. The highest BCUT2D eigenvalue weighted by Crippen LogP contribution is 2.43. The largest absolute Gasteiger partial charge is 0.493 e. The molecule has 1 aliphatic heterocycles. The minimum absolute atomic E-state index is 0.430. The molecule has 0 saturated carbocycles. The number of esters is 1. The molecule has 0 aliphatic carbocycles. The van der Waals surface area contributed by atoms with E-state index in [2.05, 4.69) is 15.4 Å². The summed E-state index contributed by atoms with van der Waals surface area (Å²) in [5.41, 5.74) is 1.94. The quantitative estimate of drug-likeness (QED) is 0.832. The van der Waals surface area contributed by atoms with E-state index in [4.69, 9.17) is 14.2 Å². The second-order valence-corrected chi connectivity index (χ2v) is 5.38. The number of fused-ring (bicyclic) bond motifs is 1. The Morgan fingerprint density at radius 3 is 2.72 bits per heavy atom. The molecule has 1 N–H and O–H groups in total. The van der Waals surface area contributed by atoms with Crippen LogP contribution >= 0.6 is 0 Å². The molecule has 0 bridgehead atoms. The van der Waals surface area contributed by atoms with Crippen LogP contribution in [0, 0.1) is 0 Å². The summed E-state index contributed by atoms with van der Waals surface area (Å²) in [7, 11) is 4.49. The molecule has 2 aromatic rings. The summed E-state index contributed by atoms with van der Waals surface area (Å²) in [6, 6.07) is 4.98. The Morgan fingerprint density at radius 2 is 2.08 bits per heavy atom. The number of aromatic nitrogens is 3. The normalized spacial score (nSPS) is 16.1. The van der Waals surface area contributed by atoms with Crippen LogP contribution in [0.2, 0.25) is 0 Å². The van der Waals surface area contributed by atoms with E-state index in [1.807, 2.05) is 19.1 Å². The van der Waals surface area contributed by atoms with E-state index < -0.39 is 12.0 Å². The standard InChI is InChI=1S/C17H20N4O4/c1-5-11-13(16(22)25-4)14(21-17(20-11)18-9-19-21)10-7-6-8-12(23-2)15(10)24-3/h6-9,14H,5H2,1-4H3,(H,18,19,20)/t14-/m1/s1. The van der Waals surface area contributed by atoms with Crippen molar-refractivity contribution in [2.45, 2.75) is 19.4 Å². The van der Waals surface area contributed by atoms with Crippen LogP contribution in [0.15, 0.2) is 35.8 Å². The summed E-state index contributed by atoms with van der Waals surface area (Å²) < 4.78 is 17.6. The number of carbonyl (C=O) groups excluding carboxylic acids is 1. The fourth-order valence-corrected chi connectivity index (χ4v) is 3.06. The Labute approximate surface area is 145 Å². The number of ether oxygens (including phenoxy) is 3. The SMILES string of the molecule is CCC1=C(C(=O)OC)[C@@H](c2cccc(OC)c2OC)n2ncnc2N1. The highest BCUT2D eigenvalue weighted by atomic mass is 16.5. The Hall–Kier alpha value is -3.03. The molecule has 0 unspecified atom stereocenters. The minimum Gasteiger partial charge on any atom is -0.493 e. The minimum atomic E-state index is -0.536. The molecule has 0 amide bonds. The maximum atomic E-state index is 12.6. The van der Waals surface area contributed by atoms with Crippen LogP contribution in [0.5, 0.6) is 11.5 Å². The molecule has 1 atom stereocenters. The molecule has 0 radical (unpaired) electrons. The fraction of sp³-hybridized carbons (Fsp3) is 0.353. The third-order valence-corrected chi connectivity index (χ3v) is 4.17. The van der Waals surface area contributed by atoms with E-state index in [0.29, 0.717) is 29.4 Å². The van der Waals surface area contributed by atoms with E-state index in [0.717, 1.165) is 11.3 Å². The first-order valence-electron chi connectivity index (χ1n) is 7.85. The lowest BCUT2D eigenvalue weighted by atomic mass is 9.93. The molecule has 3 rings (SSSR count). The molecule has 0 saturated heterocycles. The van der Waals surface area contributed by atoms with E-state index in [1.165, 1.54) is 13.4 Å². The lowest BCUT2D eigenvalue weighted by Gasteiger charge is -2.30. The number of rotatable bonds is 5. The number of para-hydroxylation sites is 1. The number of hydrogen-bond donors (Lipinski definition) is 1.